The summed E-state index contributed by atoms with van der Waals surface area (Å²) in [4.78, 5) is 11.3. The highest BCUT2D eigenvalue weighted by molar-refractivity contribution is 7.19. The van der Waals surface area contributed by atoms with Gasteiger partial charge in [-0.25, -0.2) is 9.97 Å². The average molecular weight is 345 g/mol. The number of aryl methyl sites for hydroxylation is 3. The number of fused-ring (bicyclic) bond motifs is 1. The van der Waals surface area contributed by atoms with Crippen molar-refractivity contribution < 1.29 is 0 Å². The second-order valence-electron chi connectivity index (χ2n) is 6.24. The maximum atomic E-state index is 4.54. The molecule has 0 saturated heterocycles. The Hall–Kier alpha value is -2.72. The van der Waals surface area contributed by atoms with Gasteiger partial charge in [0, 0.05) is 16.1 Å². The zero-order valence-corrected chi connectivity index (χ0v) is 15.3. The van der Waals surface area contributed by atoms with E-state index in [4.69, 9.17) is 0 Å². The largest absolute Gasteiger partial charge is 0.339 e. The van der Waals surface area contributed by atoms with Crippen LogP contribution in [0.25, 0.3) is 21.3 Å². The summed E-state index contributed by atoms with van der Waals surface area (Å²) in [6.07, 6.45) is 1.64. The van der Waals surface area contributed by atoms with E-state index in [1.807, 2.05) is 12.1 Å². The second-order valence-corrected chi connectivity index (χ2v) is 7.44. The Labute approximate surface area is 151 Å². The molecule has 0 radical (unpaired) electrons. The van der Waals surface area contributed by atoms with E-state index in [2.05, 4.69) is 72.5 Å². The van der Waals surface area contributed by atoms with Gasteiger partial charge in [-0.2, -0.15) is 0 Å². The van der Waals surface area contributed by atoms with Crippen LogP contribution in [-0.4, -0.2) is 9.97 Å². The van der Waals surface area contributed by atoms with Crippen LogP contribution in [0.5, 0.6) is 0 Å². The summed E-state index contributed by atoms with van der Waals surface area (Å²) in [5.74, 6) is 0.860. The number of benzene rings is 2. The number of rotatable bonds is 3. The maximum absolute atomic E-state index is 4.54. The van der Waals surface area contributed by atoms with Gasteiger partial charge in [0.15, 0.2) is 0 Å². The summed E-state index contributed by atoms with van der Waals surface area (Å²) >= 11 is 1.72. The molecule has 3 nitrogen and oxygen atoms in total. The van der Waals surface area contributed by atoms with E-state index in [-0.39, 0.29) is 0 Å². The van der Waals surface area contributed by atoms with Crippen LogP contribution in [0, 0.1) is 20.8 Å². The van der Waals surface area contributed by atoms with Crippen LogP contribution in [0.2, 0.25) is 0 Å². The number of thiophene rings is 1. The van der Waals surface area contributed by atoms with Crippen molar-refractivity contribution in [3.8, 4) is 11.1 Å². The van der Waals surface area contributed by atoms with Gasteiger partial charge in [-0.1, -0.05) is 48.0 Å². The number of anilines is 2. The molecule has 1 N–H and O–H groups in total. The van der Waals surface area contributed by atoms with Crippen molar-refractivity contribution in [3.05, 3.63) is 70.9 Å². The van der Waals surface area contributed by atoms with Crippen molar-refractivity contribution in [2.24, 2.45) is 0 Å². The van der Waals surface area contributed by atoms with Crippen molar-refractivity contribution in [1.29, 1.82) is 0 Å². The van der Waals surface area contributed by atoms with Gasteiger partial charge >= 0.3 is 0 Å². The zero-order chi connectivity index (χ0) is 17.4. The van der Waals surface area contributed by atoms with Crippen molar-refractivity contribution in [2.45, 2.75) is 20.8 Å². The molecular weight excluding hydrogens is 326 g/mol. The van der Waals surface area contributed by atoms with Crippen LogP contribution in [0.1, 0.15) is 16.0 Å². The Kier molecular flexibility index (Phi) is 3.98. The quantitative estimate of drug-likeness (QED) is 0.493. The lowest BCUT2D eigenvalue weighted by atomic mass is 10.0. The number of nitrogens with one attached hydrogen (secondary N) is 1. The first-order chi connectivity index (χ1) is 12.1. The van der Waals surface area contributed by atoms with Crippen LogP contribution in [0.4, 0.5) is 11.5 Å². The van der Waals surface area contributed by atoms with Gasteiger partial charge < -0.3 is 5.32 Å². The van der Waals surface area contributed by atoms with Gasteiger partial charge in [0.1, 0.15) is 17.0 Å². The molecule has 2 aromatic carbocycles. The van der Waals surface area contributed by atoms with E-state index >= 15 is 0 Å². The Morgan fingerprint density at radius 3 is 2.40 bits per heavy atom. The predicted octanol–water partition coefficient (Wildman–Crippen LogP) is 6.03. The van der Waals surface area contributed by atoms with Crippen molar-refractivity contribution in [3.63, 3.8) is 0 Å². The van der Waals surface area contributed by atoms with Gasteiger partial charge in [-0.3, -0.25) is 0 Å². The van der Waals surface area contributed by atoms with Crippen LogP contribution in [0.15, 0.2) is 54.9 Å². The van der Waals surface area contributed by atoms with E-state index in [0.717, 1.165) is 21.7 Å². The minimum absolute atomic E-state index is 0.860. The van der Waals surface area contributed by atoms with E-state index in [1.165, 1.54) is 27.1 Å². The fourth-order valence-electron chi connectivity index (χ4n) is 3.05. The molecule has 0 bridgehead atoms. The molecule has 0 saturated carbocycles. The molecule has 124 valence electrons. The molecular formula is C21H19N3S. The second kappa shape index (κ2) is 6.30. The number of hydrogen-bond donors (Lipinski definition) is 1. The SMILES string of the molecule is Cc1ccc(-c2c(C)sc3ncnc(Nc4ccccc4C)c23)cc1. The van der Waals surface area contributed by atoms with E-state index in [0.29, 0.717) is 0 Å². The van der Waals surface area contributed by atoms with Gasteiger partial charge in [0.25, 0.3) is 0 Å². The highest BCUT2D eigenvalue weighted by Crippen LogP contribution is 2.41. The molecule has 0 aliphatic carbocycles. The van der Waals surface area contributed by atoms with Gasteiger partial charge in [0.2, 0.25) is 0 Å². The Morgan fingerprint density at radius 1 is 0.880 bits per heavy atom. The summed E-state index contributed by atoms with van der Waals surface area (Å²) in [7, 11) is 0. The fourth-order valence-corrected chi connectivity index (χ4v) is 4.06. The zero-order valence-electron chi connectivity index (χ0n) is 14.5. The molecule has 0 amide bonds. The monoisotopic (exact) mass is 345 g/mol. The molecule has 0 aliphatic rings. The summed E-state index contributed by atoms with van der Waals surface area (Å²) in [5.41, 5.74) is 5.95. The molecule has 0 spiro atoms. The minimum atomic E-state index is 0.860. The first-order valence-electron chi connectivity index (χ1n) is 8.27. The molecule has 4 aromatic rings. The summed E-state index contributed by atoms with van der Waals surface area (Å²) in [6.45, 7) is 6.36. The lowest BCUT2D eigenvalue weighted by Crippen LogP contribution is -1.97. The topological polar surface area (TPSA) is 37.8 Å². The lowest BCUT2D eigenvalue weighted by molar-refractivity contribution is 1.23. The third-order valence-electron chi connectivity index (χ3n) is 4.40. The molecule has 2 heterocycles. The molecule has 2 aromatic heterocycles. The lowest BCUT2D eigenvalue weighted by Gasteiger charge is -2.11. The maximum Gasteiger partial charge on any atom is 0.143 e. The Balaban J connectivity index is 1.91. The number of aromatic nitrogens is 2. The summed E-state index contributed by atoms with van der Waals surface area (Å²) in [5, 5.41) is 4.60. The van der Waals surface area contributed by atoms with Crippen LogP contribution in [-0.2, 0) is 0 Å². The molecule has 25 heavy (non-hydrogen) atoms. The minimum Gasteiger partial charge on any atom is -0.339 e. The average Bonchev–Trinajstić information content (AvgIpc) is 2.95. The van der Waals surface area contributed by atoms with Crippen molar-refractivity contribution >= 4 is 33.1 Å². The van der Waals surface area contributed by atoms with Crippen LogP contribution in [0.3, 0.4) is 0 Å². The normalized spacial score (nSPS) is 11.0. The van der Waals surface area contributed by atoms with E-state index in [1.54, 1.807) is 17.7 Å². The highest BCUT2D eigenvalue weighted by atomic mass is 32.1. The van der Waals surface area contributed by atoms with Crippen molar-refractivity contribution in [2.75, 3.05) is 5.32 Å². The Bertz CT molecular complexity index is 1050. The molecule has 4 heteroatoms. The number of nitrogens with zero attached hydrogens (tertiary/aromatic N) is 2. The van der Waals surface area contributed by atoms with Crippen LogP contribution >= 0.6 is 11.3 Å². The highest BCUT2D eigenvalue weighted by Gasteiger charge is 2.17. The molecule has 0 atom stereocenters. The standard InChI is InChI=1S/C21H19N3S/c1-13-8-10-16(11-9-13)18-15(3)25-21-19(18)20(22-12-23-21)24-17-7-5-4-6-14(17)2/h4-12H,1-3H3,(H,22,23,24). The predicted molar refractivity (Wildman–Crippen MR) is 107 cm³/mol. The Morgan fingerprint density at radius 2 is 1.64 bits per heavy atom. The molecule has 0 aliphatic heterocycles. The fraction of sp³-hybridized carbons (Fsp3) is 0.143. The van der Waals surface area contributed by atoms with E-state index in [9.17, 15) is 0 Å². The van der Waals surface area contributed by atoms with Gasteiger partial charge in [-0.15, -0.1) is 11.3 Å². The molecule has 0 fully saturated rings. The molecule has 0 unspecified atom stereocenters. The van der Waals surface area contributed by atoms with E-state index < -0.39 is 0 Å². The van der Waals surface area contributed by atoms with Crippen LogP contribution < -0.4 is 5.32 Å². The molecule has 4 rings (SSSR count). The van der Waals surface area contributed by atoms with Gasteiger partial charge in [0.05, 0.1) is 5.39 Å². The summed E-state index contributed by atoms with van der Waals surface area (Å²) < 4.78 is 0. The van der Waals surface area contributed by atoms with Gasteiger partial charge in [-0.05, 0) is 38.0 Å². The third-order valence-corrected chi connectivity index (χ3v) is 5.42. The number of para-hydroxylation sites is 1. The number of hydrogen-bond acceptors (Lipinski definition) is 4. The smallest absolute Gasteiger partial charge is 0.143 e. The summed E-state index contributed by atoms with van der Waals surface area (Å²) in [6, 6.07) is 16.9. The third kappa shape index (κ3) is 2.89. The van der Waals surface area contributed by atoms with Crippen molar-refractivity contribution in [1.82, 2.24) is 9.97 Å². The first kappa shape index (κ1) is 15.8. The first-order valence-corrected chi connectivity index (χ1v) is 9.09.